The second kappa shape index (κ2) is 5.60. The molecule has 0 radical (unpaired) electrons. The molecule has 21 heavy (non-hydrogen) atoms. The maximum atomic E-state index is 12.5. The summed E-state index contributed by atoms with van der Waals surface area (Å²) in [4.78, 5) is 18.3. The van der Waals surface area contributed by atoms with Gasteiger partial charge in [0, 0.05) is 25.4 Å². The summed E-state index contributed by atoms with van der Waals surface area (Å²) < 4.78 is 11.3. The van der Waals surface area contributed by atoms with E-state index in [0.717, 1.165) is 17.9 Å². The summed E-state index contributed by atoms with van der Waals surface area (Å²) in [6.45, 7) is 4.98. The number of hydrogen-bond donors (Lipinski definition) is 0. The normalized spacial score (nSPS) is 18.0. The third kappa shape index (κ3) is 2.91. The minimum atomic E-state index is 0.0187. The molecule has 1 atom stereocenters. The molecule has 1 saturated heterocycles. The largest absolute Gasteiger partial charge is 0.488 e. The highest BCUT2D eigenvalue weighted by Gasteiger charge is 2.29. The third-order valence-electron chi connectivity index (χ3n) is 3.66. The van der Waals surface area contributed by atoms with Gasteiger partial charge in [-0.2, -0.15) is 0 Å². The van der Waals surface area contributed by atoms with E-state index in [9.17, 15) is 4.79 Å². The Morgan fingerprint density at radius 3 is 2.81 bits per heavy atom. The van der Waals surface area contributed by atoms with Crippen LogP contribution in [0.1, 0.15) is 28.3 Å². The quantitative estimate of drug-likeness (QED) is 0.870. The van der Waals surface area contributed by atoms with E-state index in [1.54, 1.807) is 18.5 Å². The monoisotopic (exact) mass is 286 g/mol. The number of amides is 1. The van der Waals surface area contributed by atoms with Crippen molar-refractivity contribution in [3.63, 3.8) is 0 Å². The number of pyridine rings is 1. The van der Waals surface area contributed by atoms with Crippen molar-refractivity contribution in [2.45, 2.75) is 26.4 Å². The molecule has 0 unspecified atom stereocenters. The summed E-state index contributed by atoms with van der Waals surface area (Å²) in [5, 5.41) is 0. The van der Waals surface area contributed by atoms with Crippen LogP contribution in [0.5, 0.6) is 5.75 Å². The van der Waals surface area contributed by atoms with Gasteiger partial charge in [0.2, 0.25) is 0 Å². The van der Waals surface area contributed by atoms with Crippen molar-refractivity contribution in [3.05, 3.63) is 47.7 Å². The summed E-state index contributed by atoms with van der Waals surface area (Å²) in [6, 6.07) is 5.46. The maximum absolute atomic E-state index is 12.5. The first-order chi connectivity index (χ1) is 10.1. The number of carbonyl (C=O) groups is 1. The zero-order valence-electron chi connectivity index (χ0n) is 12.2. The predicted octanol–water partition coefficient (Wildman–Crippen LogP) is 2.58. The van der Waals surface area contributed by atoms with Crippen molar-refractivity contribution in [2.24, 2.45) is 0 Å². The lowest BCUT2D eigenvalue weighted by Gasteiger charge is -2.16. The molecule has 2 aromatic rings. The second-order valence-electron chi connectivity index (χ2n) is 5.29. The van der Waals surface area contributed by atoms with Gasteiger partial charge in [-0.1, -0.05) is 0 Å². The molecular formula is C16H18N2O3. The lowest BCUT2D eigenvalue weighted by atomic mass is 10.2. The summed E-state index contributed by atoms with van der Waals surface area (Å²) in [6.07, 6.45) is 4.27. The zero-order chi connectivity index (χ0) is 14.8. The summed E-state index contributed by atoms with van der Waals surface area (Å²) in [7, 11) is 0. The van der Waals surface area contributed by atoms with Crippen molar-refractivity contribution in [1.29, 1.82) is 0 Å². The van der Waals surface area contributed by atoms with Crippen molar-refractivity contribution >= 4 is 5.91 Å². The Hall–Kier alpha value is -2.30. The molecule has 1 amide bonds. The van der Waals surface area contributed by atoms with Gasteiger partial charge in [-0.25, -0.2) is 0 Å². The number of rotatable bonds is 3. The number of furan rings is 1. The lowest BCUT2D eigenvalue weighted by Crippen LogP contribution is -2.31. The van der Waals surface area contributed by atoms with Crippen molar-refractivity contribution < 1.29 is 13.9 Å². The lowest BCUT2D eigenvalue weighted by molar-refractivity contribution is 0.0770. The van der Waals surface area contributed by atoms with Crippen LogP contribution in [0.25, 0.3) is 0 Å². The van der Waals surface area contributed by atoms with Gasteiger partial charge in [0.1, 0.15) is 23.4 Å². The van der Waals surface area contributed by atoms with Gasteiger partial charge >= 0.3 is 0 Å². The molecule has 1 aliphatic heterocycles. The molecule has 0 spiro atoms. The maximum Gasteiger partial charge on any atom is 0.257 e. The fourth-order valence-corrected chi connectivity index (χ4v) is 2.63. The SMILES string of the molecule is Cc1cc(C(=O)N2CC[C@@H](Oc3ccncc3)C2)c(C)o1. The fraction of sp³-hybridized carbons (Fsp3) is 0.375. The number of nitrogens with zero attached hydrogens (tertiary/aromatic N) is 2. The zero-order valence-corrected chi connectivity index (χ0v) is 12.2. The number of carbonyl (C=O) groups excluding carboxylic acids is 1. The number of ether oxygens (including phenoxy) is 1. The van der Waals surface area contributed by atoms with Crippen LogP contribution in [0.2, 0.25) is 0 Å². The van der Waals surface area contributed by atoms with E-state index < -0.39 is 0 Å². The van der Waals surface area contributed by atoms with E-state index in [0.29, 0.717) is 24.4 Å². The summed E-state index contributed by atoms with van der Waals surface area (Å²) in [5.74, 6) is 2.25. The number of likely N-dealkylation sites (tertiary alicyclic amines) is 1. The Labute approximate surface area is 123 Å². The molecule has 2 aromatic heterocycles. The first-order valence-electron chi connectivity index (χ1n) is 7.06. The van der Waals surface area contributed by atoms with E-state index in [2.05, 4.69) is 4.98 Å². The van der Waals surface area contributed by atoms with Gasteiger partial charge in [0.25, 0.3) is 5.91 Å². The first kappa shape index (κ1) is 13.7. The second-order valence-corrected chi connectivity index (χ2v) is 5.29. The van der Waals surface area contributed by atoms with Gasteiger partial charge in [-0.05, 0) is 32.0 Å². The smallest absolute Gasteiger partial charge is 0.257 e. The minimum absolute atomic E-state index is 0.0187. The van der Waals surface area contributed by atoms with E-state index in [1.165, 1.54) is 0 Å². The van der Waals surface area contributed by atoms with Gasteiger partial charge in [0.05, 0.1) is 12.1 Å². The van der Waals surface area contributed by atoms with Gasteiger partial charge < -0.3 is 14.1 Å². The number of aromatic nitrogens is 1. The molecule has 3 rings (SSSR count). The molecule has 0 bridgehead atoms. The summed E-state index contributed by atoms with van der Waals surface area (Å²) in [5.41, 5.74) is 0.650. The van der Waals surface area contributed by atoms with Crippen LogP contribution in [0, 0.1) is 13.8 Å². The van der Waals surface area contributed by atoms with Crippen molar-refractivity contribution in [2.75, 3.05) is 13.1 Å². The standard InChI is InChI=1S/C16H18N2O3/c1-11-9-15(12(2)20-11)16(19)18-8-5-14(10-18)21-13-3-6-17-7-4-13/h3-4,6-7,9,14H,5,8,10H2,1-2H3/t14-/m1/s1. The molecule has 1 aliphatic rings. The average molecular weight is 286 g/mol. The highest BCUT2D eigenvalue weighted by molar-refractivity contribution is 5.95. The highest BCUT2D eigenvalue weighted by Crippen LogP contribution is 2.21. The molecule has 110 valence electrons. The highest BCUT2D eigenvalue weighted by atomic mass is 16.5. The van der Waals surface area contributed by atoms with E-state index in [4.69, 9.17) is 9.15 Å². The van der Waals surface area contributed by atoms with Gasteiger partial charge in [0.15, 0.2) is 0 Å². The van der Waals surface area contributed by atoms with Crippen LogP contribution >= 0.6 is 0 Å². The fourth-order valence-electron chi connectivity index (χ4n) is 2.63. The minimum Gasteiger partial charge on any atom is -0.488 e. The van der Waals surface area contributed by atoms with Gasteiger partial charge in [-0.3, -0.25) is 9.78 Å². The third-order valence-corrected chi connectivity index (χ3v) is 3.66. The molecule has 0 N–H and O–H groups in total. The topological polar surface area (TPSA) is 55.6 Å². The molecule has 0 aromatic carbocycles. The molecule has 1 fully saturated rings. The van der Waals surface area contributed by atoms with Crippen LogP contribution in [0.4, 0.5) is 0 Å². The Balaban J connectivity index is 1.64. The van der Waals surface area contributed by atoms with E-state index in [1.807, 2.05) is 30.9 Å². The van der Waals surface area contributed by atoms with Crippen LogP contribution < -0.4 is 4.74 Å². The average Bonchev–Trinajstić information content (AvgIpc) is 3.06. The Morgan fingerprint density at radius 2 is 2.14 bits per heavy atom. The number of hydrogen-bond acceptors (Lipinski definition) is 4. The Kier molecular flexibility index (Phi) is 3.64. The molecule has 0 saturated carbocycles. The van der Waals surface area contributed by atoms with E-state index >= 15 is 0 Å². The van der Waals surface area contributed by atoms with E-state index in [-0.39, 0.29) is 12.0 Å². The van der Waals surface area contributed by atoms with Gasteiger partial charge in [-0.15, -0.1) is 0 Å². The van der Waals surface area contributed by atoms with Crippen LogP contribution in [-0.2, 0) is 0 Å². The van der Waals surface area contributed by atoms with Crippen molar-refractivity contribution in [3.8, 4) is 5.75 Å². The first-order valence-corrected chi connectivity index (χ1v) is 7.06. The van der Waals surface area contributed by atoms with Crippen LogP contribution in [-0.4, -0.2) is 35.0 Å². The van der Waals surface area contributed by atoms with Crippen LogP contribution in [0.15, 0.2) is 35.0 Å². The molecule has 0 aliphatic carbocycles. The molecular weight excluding hydrogens is 268 g/mol. The summed E-state index contributed by atoms with van der Waals surface area (Å²) >= 11 is 0. The molecule has 3 heterocycles. The Morgan fingerprint density at radius 1 is 1.38 bits per heavy atom. The van der Waals surface area contributed by atoms with Crippen molar-refractivity contribution in [1.82, 2.24) is 9.88 Å². The predicted molar refractivity (Wildman–Crippen MR) is 77.4 cm³/mol. The number of aryl methyl sites for hydroxylation is 2. The van der Waals surface area contributed by atoms with Crippen LogP contribution in [0.3, 0.4) is 0 Å². The molecule has 5 heteroatoms. The molecule has 5 nitrogen and oxygen atoms in total. The Bertz CT molecular complexity index is 636.